The maximum absolute atomic E-state index is 17.9. The Morgan fingerprint density at radius 2 is 0.805 bits per heavy atom. The van der Waals surface area contributed by atoms with Crippen molar-refractivity contribution in [2.75, 3.05) is 0 Å². The molecular formula is C73H82F2N4OS2. The first-order valence-electron chi connectivity index (χ1n) is 31.2. The molecule has 7 aromatic carbocycles. The van der Waals surface area contributed by atoms with Gasteiger partial charge in [0.05, 0.1) is 29.6 Å². The van der Waals surface area contributed by atoms with E-state index in [0.29, 0.717) is 22.2 Å². The second-order valence-electron chi connectivity index (χ2n) is 24.4. The third-order valence-electron chi connectivity index (χ3n) is 18.5. The van der Waals surface area contributed by atoms with Gasteiger partial charge in [0.15, 0.2) is 11.6 Å². The monoisotopic (exact) mass is 1130 g/mol. The molecule has 0 bridgehead atoms. The molecule has 9 aromatic rings. The van der Waals surface area contributed by atoms with Crippen LogP contribution in [0, 0.1) is 18.6 Å². The van der Waals surface area contributed by atoms with Crippen LogP contribution < -0.4 is 4.74 Å². The van der Waals surface area contributed by atoms with Crippen molar-refractivity contribution in [2.45, 2.75) is 200 Å². The summed E-state index contributed by atoms with van der Waals surface area (Å²) >= 11 is 2.30. The number of nitrogens with zero attached hydrogens (tertiary/aromatic N) is 4. The first kappa shape index (κ1) is 57.6. The average molecular weight is 1130 g/mol. The highest BCUT2D eigenvalue weighted by atomic mass is 32.1. The van der Waals surface area contributed by atoms with Crippen LogP contribution in [-0.4, -0.2) is 23.6 Å². The normalized spacial score (nSPS) is 15.0. The number of aryl methyl sites for hydroxylation is 1. The van der Waals surface area contributed by atoms with E-state index in [1.54, 1.807) is 0 Å². The quantitative estimate of drug-likeness (QED) is 0.0480. The minimum atomic E-state index is -0.879. The number of aromatic nitrogens is 4. The molecule has 0 spiro atoms. The molecule has 11 rings (SSSR count). The van der Waals surface area contributed by atoms with Crippen LogP contribution in [0.2, 0.25) is 0 Å². The van der Waals surface area contributed by atoms with Crippen molar-refractivity contribution >= 4 is 45.5 Å². The third kappa shape index (κ3) is 11.1. The molecular weight excluding hydrogens is 1050 g/mol. The number of unbranched alkanes of at least 4 members (excludes halogenated alkanes) is 15. The highest BCUT2D eigenvalue weighted by Crippen LogP contribution is 2.58. The molecule has 82 heavy (non-hydrogen) atoms. The van der Waals surface area contributed by atoms with Gasteiger partial charge in [-0.15, -0.1) is 0 Å². The van der Waals surface area contributed by atoms with Crippen LogP contribution in [0.5, 0.6) is 5.75 Å². The van der Waals surface area contributed by atoms with Gasteiger partial charge in [-0.05, 0) is 154 Å². The lowest BCUT2D eigenvalue weighted by atomic mass is 9.70. The predicted molar refractivity (Wildman–Crippen MR) is 343 cm³/mol. The molecule has 5 nitrogen and oxygen atoms in total. The molecule has 0 N–H and O–H groups in total. The molecule has 1 unspecified atom stereocenters. The van der Waals surface area contributed by atoms with Crippen molar-refractivity contribution in [1.82, 2.24) is 17.5 Å². The number of hydrogen-bond donors (Lipinski definition) is 0. The average Bonchev–Trinajstić information content (AvgIpc) is 4.27. The van der Waals surface area contributed by atoms with Crippen molar-refractivity contribution in [3.63, 3.8) is 0 Å². The Hall–Kier alpha value is -6.16. The zero-order valence-electron chi connectivity index (χ0n) is 49.6. The van der Waals surface area contributed by atoms with Gasteiger partial charge >= 0.3 is 0 Å². The number of fused-ring (bicyclic) bond motifs is 8. The first-order chi connectivity index (χ1) is 40.0. The molecule has 426 valence electrons. The number of halogens is 2. The van der Waals surface area contributed by atoms with Crippen molar-refractivity contribution in [3.8, 4) is 72.5 Å². The minimum Gasteiger partial charge on any atom is -0.491 e. The van der Waals surface area contributed by atoms with Crippen molar-refractivity contribution < 1.29 is 13.5 Å². The van der Waals surface area contributed by atoms with Crippen molar-refractivity contribution in [1.29, 1.82) is 0 Å². The second-order valence-corrected chi connectivity index (χ2v) is 25.5. The molecule has 0 fully saturated rings. The zero-order chi connectivity index (χ0) is 57.0. The lowest BCUT2D eigenvalue weighted by Crippen LogP contribution is -2.25. The van der Waals surface area contributed by atoms with Gasteiger partial charge in [-0.3, -0.25) is 0 Å². The van der Waals surface area contributed by atoms with E-state index in [1.807, 2.05) is 26.0 Å². The topological polar surface area (TPSA) is 60.8 Å². The van der Waals surface area contributed by atoms with Crippen LogP contribution in [0.1, 0.15) is 204 Å². The Labute approximate surface area is 495 Å². The molecule has 0 saturated carbocycles. The lowest BCUT2D eigenvalue weighted by Gasteiger charge is -2.33. The second kappa shape index (κ2) is 25.4. The van der Waals surface area contributed by atoms with Gasteiger partial charge in [0.25, 0.3) is 0 Å². The molecule has 2 aliphatic rings. The standard InChI is InChI=1S/C73H82F2N4OS2/c1-8-11-14-17-20-23-40-72(7)60-43-50(49-27-33-54(34-28-49)80-47(4)5)29-36-56(60)57-38-31-52(45-61(57)72)64-66(74)67(75)65(71-70(64)78-82-79-71)53-32-39-59-58-37-30-51(55-35-26-48(6)68-69(55)77-81-76-68)44-62(58)73(63(59)46-53,41-24-21-18-15-12-9-2)42-25-22-19-16-13-10-3/h26-39,43-47H,8-25,40-42H2,1-7H3. The molecule has 1 atom stereocenters. The molecule has 0 saturated heterocycles. The fraction of sp³-hybridized carbons (Fsp3) is 0.425. The van der Waals surface area contributed by atoms with Crippen molar-refractivity contribution in [2.24, 2.45) is 0 Å². The molecule has 0 amide bonds. The minimum absolute atomic E-state index is 0.0983. The Balaban J connectivity index is 0.997. The Morgan fingerprint density at radius 3 is 1.33 bits per heavy atom. The van der Waals surface area contributed by atoms with Crippen LogP contribution in [0.4, 0.5) is 8.78 Å². The Bertz CT molecular complexity index is 3690. The van der Waals surface area contributed by atoms with Gasteiger partial charge in [-0.25, -0.2) is 8.78 Å². The van der Waals surface area contributed by atoms with E-state index in [0.717, 1.165) is 125 Å². The number of hydrogen-bond acceptors (Lipinski definition) is 7. The van der Waals surface area contributed by atoms with Gasteiger partial charge in [-0.2, -0.15) is 17.5 Å². The van der Waals surface area contributed by atoms with Gasteiger partial charge in [-0.1, -0.05) is 216 Å². The van der Waals surface area contributed by atoms with Gasteiger partial charge in [0, 0.05) is 27.5 Å². The largest absolute Gasteiger partial charge is 0.491 e. The van der Waals surface area contributed by atoms with Crippen LogP contribution in [0.3, 0.4) is 0 Å². The van der Waals surface area contributed by atoms with E-state index in [1.165, 1.54) is 122 Å². The maximum atomic E-state index is 17.9. The molecule has 0 aliphatic heterocycles. The summed E-state index contributed by atoms with van der Waals surface area (Å²) in [6.07, 6.45) is 24.5. The summed E-state index contributed by atoms with van der Waals surface area (Å²) in [6, 6.07) is 39.3. The van der Waals surface area contributed by atoms with E-state index >= 15 is 8.78 Å². The van der Waals surface area contributed by atoms with E-state index in [-0.39, 0.29) is 28.1 Å². The van der Waals surface area contributed by atoms with Crippen LogP contribution in [-0.2, 0) is 10.8 Å². The van der Waals surface area contributed by atoms with Gasteiger partial charge in [0.2, 0.25) is 0 Å². The van der Waals surface area contributed by atoms with E-state index in [4.69, 9.17) is 22.2 Å². The van der Waals surface area contributed by atoms with E-state index in [9.17, 15) is 0 Å². The summed E-state index contributed by atoms with van der Waals surface area (Å²) in [4.78, 5) is 0. The molecule has 2 aliphatic carbocycles. The van der Waals surface area contributed by atoms with Gasteiger partial charge in [0.1, 0.15) is 27.8 Å². The molecule has 0 radical (unpaired) electrons. The van der Waals surface area contributed by atoms with Crippen LogP contribution >= 0.6 is 23.5 Å². The molecule has 9 heteroatoms. The number of ether oxygens (including phenoxy) is 1. The first-order valence-corrected chi connectivity index (χ1v) is 32.7. The lowest BCUT2D eigenvalue weighted by molar-refractivity contribution is 0.242. The molecule has 2 aromatic heterocycles. The summed E-state index contributed by atoms with van der Waals surface area (Å²) in [5, 5.41) is 0. The summed E-state index contributed by atoms with van der Waals surface area (Å²) in [6.45, 7) is 15.4. The number of rotatable bonds is 27. The van der Waals surface area contributed by atoms with Crippen molar-refractivity contribution in [3.05, 3.63) is 149 Å². The fourth-order valence-electron chi connectivity index (χ4n) is 14.1. The fourth-order valence-corrected chi connectivity index (χ4v) is 15.2. The Kier molecular flexibility index (Phi) is 17.8. The SMILES string of the molecule is CCCCCCCCC1(C)c2cc(-c3ccc(OC(C)C)cc3)ccc2-c2ccc(-c3c(F)c(F)c(-c4ccc5c(c4)C(CCCCCCCC)(CCCCCCCC)c4cc(-c6ccc(C)c7nsnc67)ccc4-5)c4nsnc34)cc21. The number of benzene rings is 7. The van der Waals surface area contributed by atoms with Gasteiger partial charge < -0.3 is 4.74 Å². The predicted octanol–water partition coefficient (Wildman–Crippen LogP) is 22.5. The highest BCUT2D eigenvalue weighted by Gasteiger charge is 2.44. The third-order valence-corrected chi connectivity index (χ3v) is 19.5. The summed E-state index contributed by atoms with van der Waals surface area (Å²) in [7, 11) is 0. The van der Waals surface area contributed by atoms with Crippen LogP contribution in [0.25, 0.3) is 88.8 Å². The highest BCUT2D eigenvalue weighted by molar-refractivity contribution is 7.00. The summed E-state index contributed by atoms with van der Waals surface area (Å²) < 4.78 is 60.9. The maximum Gasteiger partial charge on any atom is 0.169 e. The zero-order valence-corrected chi connectivity index (χ0v) is 51.2. The van der Waals surface area contributed by atoms with E-state index < -0.39 is 11.6 Å². The van der Waals surface area contributed by atoms with E-state index in [2.05, 4.69) is 132 Å². The Morgan fingerprint density at radius 1 is 0.415 bits per heavy atom. The molecule has 2 heterocycles. The summed E-state index contributed by atoms with van der Waals surface area (Å²) in [5.74, 6) is -0.898. The smallest absolute Gasteiger partial charge is 0.169 e. The van der Waals surface area contributed by atoms with Crippen LogP contribution in [0.15, 0.2) is 109 Å². The summed E-state index contributed by atoms with van der Waals surface area (Å²) in [5.41, 5.74) is 19.0.